The fourth-order valence-electron chi connectivity index (χ4n) is 1.68. The molecule has 94 valence electrons. The van der Waals surface area contributed by atoms with E-state index in [1.165, 1.54) is 11.3 Å². The summed E-state index contributed by atoms with van der Waals surface area (Å²) in [6.07, 6.45) is 1.68. The quantitative estimate of drug-likeness (QED) is 0.844. The Morgan fingerprint density at radius 3 is 2.67 bits per heavy atom. The standard InChI is InChI=1S/C13H14N2O2S/c14-8-4-7-10-15-11(12(18-10)13(16)17)9-5-2-1-3-6-9/h1-3,5-6H,4,7-8,14H2,(H,16,17). The minimum absolute atomic E-state index is 0.209. The molecular weight excluding hydrogens is 248 g/mol. The molecule has 0 amide bonds. The molecular formula is C13H14N2O2S. The first-order valence-corrected chi connectivity index (χ1v) is 6.59. The number of quaternary nitrogens is 1. The van der Waals surface area contributed by atoms with Crippen LogP contribution in [0.2, 0.25) is 0 Å². The second kappa shape index (κ2) is 5.75. The Labute approximate surface area is 109 Å². The number of benzene rings is 1. The number of aryl methyl sites for hydroxylation is 1. The van der Waals surface area contributed by atoms with E-state index in [4.69, 9.17) is 0 Å². The van der Waals surface area contributed by atoms with Crippen molar-refractivity contribution in [2.24, 2.45) is 0 Å². The Balaban J connectivity index is 2.39. The Morgan fingerprint density at radius 2 is 2.06 bits per heavy atom. The SMILES string of the molecule is [NH3+]CCCc1nc(-c2ccccc2)c(C(=O)[O-])s1. The maximum Gasteiger partial charge on any atom is 0.0941 e. The molecule has 1 aromatic carbocycles. The van der Waals surface area contributed by atoms with Crippen LogP contribution in [0.5, 0.6) is 0 Å². The number of rotatable bonds is 5. The highest BCUT2D eigenvalue weighted by atomic mass is 32.1. The molecule has 0 atom stereocenters. The van der Waals surface area contributed by atoms with Crippen molar-refractivity contribution in [2.45, 2.75) is 12.8 Å². The summed E-state index contributed by atoms with van der Waals surface area (Å²) < 4.78 is 0. The van der Waals surface area contributed by atoms with Gasteiger partial charge in [-0.1, -0.05) is 30.3 Å². The van der Waals surface area contributed by atoms with E-state index in [0.717, 1.165) is 30.0 Å². The molecule has 0 saturated carbocycles. The van der Waals surface area contributed by atoms with Crippen molar-refractivity contribution in [1.82, 2.24) is 4.98 Å². The predicted octanol–water partition coefficient (Wildman–Crippen LogP) is 0.348. The summed E-state index contributed by atoms with van der Waals surface area (Å²) in [5.41, 5.74) is 5.10. The molecule has 2 aromatic rings. The van der Waals surface area contributed by atoms with Crippen LogP contribution in [0, 0.1) is 0 Å². The Morgan fingerprint density at radius 1 is 1.33 bits per heavy atom. The summed E-state index contributed by atoms with van der Waals surface area (Å²) >= 11 is 1.20. The van der Waals surface area contributed by atoms with Crippen LogP contribution in [0.4, 0.5) is 0 Å². The zero-order valence-electron chi connectivity index (χ0n) is 9.89. The number of hydrogen-bond acceptors (Lipinski definition) is 4. The normalized spacial score (nSPS) is 10.5. The summed E-state index contributed by atoms with van der Waals surface area (Å²) in [7, 11) is 0. The van der Waals surface area contributed by atoms with E-state index in [1.807, 2.05) is 30.3 Å². The van der Waals surface area contributed by atoms with Crippen LogP contribution in [0.1, 0.15) is 21.1 Å². The van der Waals surface area contributed by atoms with E-state index in [2.05, 4.69) is 10.7 Å². The first kappa shape index (κ1) is 12.7. The molecule has 0 unspecified atom stereocenters. The molecule has 1 aromatic heterocycles. The van der Waals surface area contributed by atoms with Gasteiger partial charge in [0.2, 0.25) is 0 Å². The van der Waals surface area contributed by atoms with E-state index < -0.39 is 5.97 Å². The van der Waals surface area contributed by atoms with Gasteiger partial charge in [0.05, 0.1) is 28.1 Å². The van der Waals surface area contributed by atoms with Gasteiger partial charge in [0.15, 0.2) is 0 Å². The van der Waals surface area contributed by atoms with Crippen molar-refractivity contribution in [3.05, 3.63) is 40.2 Å². The second-order valence-electron chi connectivity index (χ2n) is 3.90. The second-order valence-corrected chi connectivity index (χ2v) is 4.98. The van der Waals surface area contributed by atoms with Crippen LogP contribution < -0.4 is 10.8 Å². The van der Waals surface area contributed by atoms with Crippen molar-refractivity contribution in [3.63, 3.8) is 0 Å². The van der Waals surface area contributed by atoms with Crippen LogP contribution >= 0.6 is 11.3 Å². The van der Waals surface area contributed by atoms with Gasteiger partial charge >= 0.3 is 0 Å². The van der Waals surface area contributed by atoms with Crippen molar-refractivity contribution in [3.8, 4) is 11.3 Å². The molecule has 0 fully saturated rings. The molecule has 5 heteroatoms. The Kier molecular flexibility index (Phi) is 4.07. The number of thiazole rings is 1. The molecule has 0 spiro atoms. The van der Waals surface area contributed by atoms with Crippen molar-refractivity contribution < 1.29 is 15.6 Å². The topological polar surface area (TPSA) is 80.7 Å². The number of carbonyl (C=O) groups excluding carboxylic acids is 1. The number of nitrogens with zero attached hydrogens (tertiary/aromatic N) is 1. The van der Waals surface area contributed by atoms with Crippen LogP contribution in [0.25, 0.3) is 11.3 Å². The number of carboxylic acid groups (broad SMARTS) is 1. The largest absolute Gasteiger partial charge is 0.544 e. The summed E-state index contributed by atoms with van der Waals surface area (Å²) in [5, 5.41) is 12.0. The maximum absolute atomic E-state index is 11.1. The third kappa shape index (κ3) is 2.75. The lowest BCUT2D eigenvalue weighted by Crippen LogP contribution is -2.50. The van der Waals surface area contributed by atoms with Crippen LogP contribution in [-0.2, 0) is 6.42 Å². The van der Waals surface area contributed by atoms with E-state index in [9.17, 15) is 9.90 Å². The number of hydrogen-bond donors (Lipinski definition) is 1. The van der Waals surface area contributed by atoms with Gasteiger partial charge in [-0.3, -0.25) is 0 Å². The molecule has 0 bridgehead atoms. The summed E-state index contributed by atoms with van der Waals surface area (Å²) in [6.45, 7) is 0.820. The summed E-state index contributed by atoms with van der Waals surface area (Å²) in [6, 6.07) is 9.32. The number of carbonyl (C=O) groups is 1. The highest BCUT2D eigenvalue weighted by Gasteiger charge is 2.13. The van der Waals surface area contributed by atoms with Gasteiger partial charge in [-0.25, -0.2) is 4.98 Å². The molecule has 0 radical (unpaired) electrons. The molecule has 1 heterocycles. The molecule has 2 rings (SSSR count). The lowest BCUT2D eigenvalue weighted by Gasteiger charge is -2.02. The zero-order chi connectivity index (χ0) is 13.0. The molecule has 4 nitrogen and oxygen atoms in total. The summed E-state index contributed by atoms with van der Waals surface area (Å²) in [4.78, 5) is 15.7. The van der Waals surface area contributed by atoms with E-state index >= 15 is 0 Å². The van der Waals surface area contributed by atoms with E-state index in [1.54, 1.807) is 0 Å². The van der Waals surface area contributed by atoms with Crippen LogP contribution in [0.15, 0.2) is 30.3 Å². The zero-order valence-corrected chi connectivity index (χ0v) is 10.7. The number of carboxylic acids is 1. The molecule has 0 aliphatic heterocycles. The predicted molar refractivity (Wildman–Crippen MR) is 68.0 cm³/mol. The van der Waals surface area contributed by atoms with Gasteiger partial charge in [-0.05, 0) is 0 Å². The van der Waals surface area contributed by atoms with E-state index in [-0.39, 0.29) is 4.88 Å². The number of aromatic carboxylic acids is 1. The van der Waals surface area contributed by atoms with Crippen LogP contribution in [-0.4, -0.2) is 17.5 Å². The fraction of sp³-hybridized carbons (Fsp3) is 0.231. The Bertz CT molecular complexity index is 537. The third-order valence-electron chi connectivity index (χ3n) is 2.54. The minimum atomic E-state index is -1.16. The average molecular weight is 262 g/mol. The van der Waals surface area contributed by atoms with Crippen LogP contribution in [0.3, 0.4) is 0 Å². The molecule has 0 aliphatic rings. The molecule has 3 N–H and O–H groups in total. The monoisotopic (exact) mass is 262 g/mol. The lowest BCUT2D eigenvalue weighted by atomic mass is 10.1. The Hall–Kier alpha value is -1.72. The summed E-state index contributed by atoms with van der Waals surface area (Å²) in [5.74, 6) is -1.16. The third-order valence-corrected chi connectivity index (χ3v) is 3.64. The van der Waals surface area contributed by atoms with Crippen molar-refractivity contribution in [1.29, 1.82) is 0 Å². The van der Waals surface area contributed by atoms with Gasteiger partial charge < -0.3 is 15.6 Å². The minimum Gasteiger partial charge on any atom is -0.544 e. The fourth-order valence-corrected chi connectivity index (χ4v) is 2.64. The van der Waals surface area contributed by atoms with Crippen molar-refractivity contribution >= 4 is 17.3 Å². The number of aromatic nitrogens is 1. The first-order chi connectivity index (χ1) is 8.72. The van der Waals surface area contributed by atoms with Gasteiger partial charge in [0.1, 0.15) is 0 Å². The van der Waals surface area contributed by atoms with Gasteiger partial charge in [-0.2, -0.15) is 0 Å². The lowest BCUT2D eigenvalue weighted by molar-refractivity contribution is -0.368. The van der Waals surface area contributed by atoms with E-state index in [0.29, 0.717) is 5.69 Å². The van der Waals surface area contributed by atoms with Gasteiger partial charge in [-0.15, -0.1) is 11.3 Å². The van der Waals surface area contributed by atoms with Gasteiger partial charge in [0, 0.05) is 18.4 Å². The molecule has 18 heavy (non-hydrogen) atoms. The first-order valence-electron chi connectivity index (χ1n) is 5.78. The average Bonchev–Trinajstić information content (AvgIpc) is 2.82. The smallest absolute Gasteiger partial charge is 0.0941 e. The highest BCUT2D eigenvalue weighted by Crippen LogP contribution is 2.28. The molecule has 0 saturated heterocycles. The maximum atomic E-state index is 11.1. The molecule has 0 aliphatic carbocycles. The van der Waals surface area contributed by atoms with Crippen molar-refractivity contribution in [2.75, 3.05) is 6.54 Å². The highest BCUT2D eigenvalue weighted by molar-refractivity contribution is 7.14. The van der Waals surface area contributed by atoms with Gasteiger partial charge in [0.25, 0.3) is 0 Å².